The number of ether oxygens (including phenoxy) is 2. The average Bonchev–Trinajstić information content (AvgIpc) is 2.91. The molecule has 0 spiro atoms. The molecular weight excluding hydrogens is 502 g/mol. The van der Waals surface area contributed by atoms with Crippen LogP contribution in [0.1, 0.15) is 42.6 Å². The third kappa shape index (κ3) is 7.91. The average molecular weight is 536 g/mol. The minimum atomic E-state index is -0.984. The number of benzene rings is 2. The molecule has 4 N–H and O–H groups in total. The summed E-state index contributed by atoms with van der Waals surface area (Å²) in [5.74, 6) is -1.72. The van der Waals surface area contributed by atoms with Gasteiger partial charge < -0.3 is 30.5 Å². The van der Waals surface area contributed by atoms with Gasteiger partial charge in [-0.15, -0.1) is 6.58 Å². The Kier molecular flexibility index (Phi) is 10.2. The fraction of sp³-hybridized carbons (Fsp3) is 0.321. The third-order valence-corrected chi connectivity index (χ3v) is 5.79. The highest BCUT2D eigenvalue weighted by Crippen LogP contribution is 2.25. The Labute approximate surface area is 226 Å². The number of carbonyl (C=O) groups is 3. The topological polar surface area (TPSA) is 157 Å². The lowest BCUT2D eigenvalue weighted by Gasteiger charge is -2.24. The van der Waals surface area contributed by atoms with Gasteiger partial charge in [0.2, 0.25) is 11.8 Å². The van der Waals surface area contributed by atoms with Crippen LogP contribution in [0, 0.1) is 0 Å². The summed E-state index contributed by atoms with van der Waals surface area (Å²) in [6.07, 6.45) is 1.79. The summed E-state index contributed by atoms with van der Waals surface area (Å²) < 4.78 is 9.97. The van der Waals surface area contributed by atoms with Crippen molar-refractivity contribution < 1.29 is 29.0 Å². The van der Waals surface area contributed by atoms with E-state index < -0.39 is 23.9 Å². The van der Waals surface area contributed by atoms with E-state index in [0.29, 0.717) is 29.6 Å². The summed E-state index contributed by atoms with van der Waals surface area (Å²) in [6.45, 7) is 8.58. The molecule has 0 aliphatic carbocycles. The van der Waals surface area contributed by atoms with E-state index in [4.69, 9.17) is 15.2 Å². The van der Waals surface area contributed by atoms with Crippen LogP contribution < -0.4 is 16.0 Å². The van der Waals surface area contributed by atoms with Crippen LogP contribution in [-0.2, 0) is 25.6 Å². The number of nitrogens with one attached hydrogen (secondary N) is 1. The zero-order valence-electron chi connectivity index (χ0n) is 22.1. The maximum atomic E-state index is 12.9. The molecule has 39 heavy (non-hydrogen) atoms. The van der Waals surface area contributed by atoms with E-state index in [2.05, 4.69) is 21.9 Å². The highest BCUT2D eigenvalue weighted by Gasteiger charge is 2.24. The van der Waals surface area contributed by atoms with E-state index in [1.54, 1.807) is 56.3 Å². The maximum Gasteiger partial charge on any atom is 0.328 e. The van der Waals surface area contributed by atoms with Crippen molar-refractivity contribution in [3.63, 3.8) is 0 Å². The van der Waals surface area contributed by atoms with Gasteiger partial charge in [-0.25, -0.2) is 9.78 Å². The van der Waals surface area contributed by atoms with E-state index in [1.807, 2.05) is 11.0 Å². The number of nitrogen functional groups attached to an aromatic ring is 1. The van der Waals surface area contributed by atoms with Crippen molar-refractivity contribution in [3.8, 4) is 5.88 Å². The van der Waals surface area contributed by atoms with Crippen LogP contribution in [0.25, 0.3) is 10.9 Å². The highest BCUT2D eigenvalue weighted by molar-refractivity contribution is 5.97. The minimum absolute atomic E-state index is 0.00210. The zero-order chi connectivity index (χ0) is 28.4. The zero-order valence-corrected chi connectivity index (χ0v) is 22.1. The number of nitrogens with two attached hydrogens (primary N) is 1. The Bertz CT molecular complexity index is 1330. The van der Waals surface area contributed by atoms with Gasteiger partial charge in [0.15, 0.2) is 0 Å². The minimum Gasteiger partial charge on any atom is -0.493 e. The van der Waals surface area contributed by atoms with Crippen LogP contribution in [-0.4, -0.2) is 58.7 Å². The van der Waals surface area contributed by atoms with Gasteiger partial charge in [0.1, 0.15) is 6.04 Å². The quantitative estimate of drug-likeness (QED) is 0.219. The highest BCUT2D eigenvalue weighted by atomic mass is 16.5. The van der Waals surface area contributed by atoms with E-state index in [9.17, 15) is 19.5 Å². The summed E-state index contributed by atoms with van der Waals surface area (Å²) >= 11 is 0. The first-order valence-corrected chi connectivity index (χ1v) is 12.6. The lowest BCUT2D eigenvalue weighted by atomic mass is 10.1. The van der Waals surface area contributed by atoms with Crippen molar-refractivity contribution in [3.05, 3.63) is 66.2 Å². The summed E-state index contributed by atoms with van der Waals surface area (Å²) in [6, 6.07) is 11.4. The molecule has 1 amide bonds. The Balaban J connectivity index is 1.73. The fourth-order valence-electron chi connectivity index (χ4n) is 3.97. The number of aromatic hydroxyl groups is 1. The summed E-state index contributed by atoms with van der Waals surface area (Å²) in [5, 5.41) is 13.3. The molecule has 0 unspecified atom stereocenters. The number of esters is 2. The predicted molar refractivity (Wildman–Crippen MR) is 147 cm³/mol. The Morgan fingerprint density at radius 2 is 1.82 bits per heavy atom. The number of hydrogen-bond acceptors (Lipinski definition) is 10. The van der Waals surface area contributed by atoms with Crippen molar-refractivity contribution in [1.29, 1.82) is 0 Å². The summed E-state index contributed by atoms with van der Waals surface area (Å²) in [5.41, 5.74) is 8.22. The first kappa shape index (κ1) is 28.9. The molecule has 0 bridgehead atoms. The van der Waals surface area contributed by atoms with Crippen LogP contribution in [0.3, 0.4) is 0 Å². The van der Waals surface area contributed by atoms with Crippen LogP contribution in [0.15, 0.2) is 55.1 Å². The van der Waals surface area contributed by atoms with Gasteiger partial charge in [-0.3, -0.25) is 9.59 Å². The number of hydrogen-bond donors (Lipinski definition) is 3. The van der Waals surface area contributed by atoms with E-state index >= 15 is 0 Å². The van der Waals surface area contributed by atoms with E-state index in [0.717, 1.165) is 11.3 Å². The molecule has 3 aromatic rings. The van der Waals surface area contributed by atoms with Gasteiger partial charge in [-0.1, -0.05) is 12.1 Å². The van der Waals surface area contributed by atoms with Crippen molar-refractivity contribution in [2.75, 3.05) is 30.4 Å². The second kappa shape index (κ2) is 13.8. The summed E-state index contributed by atoms with van der Waals surface area (Å²) in [7, 11) is 0. The molecule has 0 saturated carbocycles. The fourth-order valence-corrected chi connectivity index (χ4v) is 3.97. The van der Waals surface area contributed by atoms with Crippen LogP contribution >= 0.6 is 0 Å². The predicted octanol–water partition coefficient (Wildman–Crippen LogP) is 3.12. The van der Waals surface area contributed by atoms with Gasteiger partial charge in [-0.05, 0) is 62.2 Å². The second-order valence-electron chi connectivity index (χ2n) is 8.59. The van der Waals surface area contributed by atoms with Crippen LogP contribution in [0.5, 0.6) is 5.88 Å². The molecular formula is C28H33N5O6. The number of fused-ring (bicyclic) bond motifs is 1. The smallest absolute Gasteiger partial charge is 0.328 e. The van der Waals surface area contributed by atoms with E-state index in [1.165, 1.54) is 0 Å². The van der Waals surface area contributed by atoms with Gasteiger partial charge in [0.25, 0.3) is 5.91 Å². The standard InChI is InChI=1S/C28H33N5O6/c1-4-15-33(17-18-7-12-22-21(16-18)26(36)32-28(29)31-22)20-10-8-19(9-11-20)25(35)30-23(27(37)39-6-3)13-14-24(34)38-5-2/h4,7-12,16,23H,1,5-6,13-15,17H2,2-3H3,(H,30,35)(H3,29,31,32,36)/t23-/m0/s1. The molecule has 1 atom stereocenters. The molecule has 206 valence electrons. The second-order valence-corrected chi connectivity index (χ2v) is 8.59. The van der Waals surface area contributed by atoms with Crippen molar-refractivity contribution in [2.45, 2.75) is 39.3 Å². The molecule has 2 aromatic carbocycles. The monoisotopic (exact) mass is 535 g/mol. The van der Waals surface area contributed by atoms with Crippen LogP contribution in [0.4, 0.5) is 11.6 Å². The summed E-state index contributed by atoms with van der Waals surface area (Å²) in [4.78, 5) is 47.0. The molecule has 0 aliphatic heterocycles. The number of anilines is 2. The first-order valence-electron chi connectivity index (χ1n) is 12.6. The van der Waals surface area contributed by atoms with Gasteiger partial charge >= 0.3 is 11.9 Å². The molecule has 1 aromatic heterocycles. The molecule has 0 fully saturated rings. The van der Waals surface area contributed by atoms with E-state index in [-0.39, 0.29) is 37.9 Å². The van der Waals surface area contributed by atoms with Crippen molar-refractivity contribution >= 4 is 40.4 Å². The Morgan fingerprint density at radius 1 is 1.10 bits per heavy atom. The lowest BCUT2D eigenvalue weighted by Crippen LogP contribution is -2.42. The molecule has 11 heteroatoms. The van der Waals surface area contributed by atoms with Crippen molar-refractivity contribution in [2.24, 2.45) is 0 Å². The molecule has 0 radical (unpaired) electrons. The molecule has 0 saturated heterocycles. The van der Waals surface area contributed by atoms with Crippen LogP contribution in [0.2, 0.25) is 0 Å². The Morgan fingerprint density at radius 3 is 2.49 bits per heavy atom. The normalized spacial score (nSPS) is 11.4. The third-order valence-electron chi connectivity index (χ3n) is 5.79. The molecule has 1 heterocycles. The number of nitrogens with zero attached hydrogens (tertiary/aromatic N) is 3. The lowest BCUT2D eigenvalue weighted by molar-refractivity contribution is -0.146. The molecule has 3 rings (SSSR count). The number of rotatable bonds is 13. The Hall–Kier alpha value is -4.67. The molecule has 11 nitrogen and oxygen atoms in total. The SMILES string of the molecule is C=CCN(Cc1ccc2nc(N)nc(O)c2c1)c1ccc(C(=O)N[C@@H](CCC(=O)OCC)C(=O)OCC)cc1. The number of aromatic nitrogens is 2. The van der Waals surface area contributed by atoms with Gasteiger partial charge in [0.05, 0.1) is 24.1 Å². The van der Waals surface area contributed by atoms with Crippen molar-refractivity contribution in [1.82, 2.24) is 15.3 Å². The number of amides is 1. The number of carbonyl (C=O) groups excluding carboxylic acids is 3. The largest absolute Gasteiger partial charge is 0.493 e. The maximum absolute atomic E-state index is 12.9. The van der Waals surface area contributed by atoms with Gasteiger partial charge in [-0.2, -0.15) is 4.98 Å². The first-order chi connectivity index (χ1) is 18.7. The van der Waals surface area contributed by atoms with Gasteiger partial charge in [0, 0.05) is 30.8 Å². The molecule has 0 aliphatic rings.